The fourth-order valence-electron chi connectivity index (χ4n) is 4.23. The van der Waals surface area contributed by atoms with E-state index < -0.39 is 0 Å². The van der Waals surface area contributed by atoms with E-state index >= 15 is 0 Å². The lowest BCUT2D eigenvalue weighted by atomic mass is 9.79. The molecule has 32 heavy (non-hydrogen) atoms. The molecule has 0 amide bonds. The van der Waals surface area contributed by atoms with E-state index in [1.165, 1.54) is 27.8 Å². The van der Waals surface area contributed by atoms with Crippen LogP contribution in [0.4, 0.5) is 0 Å². The number of allylic oxidation sites excluding steroid dienone is 1. The van der Waals surface area contributed by atoms with Gasteiger partial charge in [-0.25, -0.2) is 0 Å². The van der Waals surface area contributed by atoms with Crippen LogP contribution in [0.5, 0.6) is 11.5 Å². The maximum Gasteiger partial charge on any atom is 0.191 e. The molecule has 1 N–H and O–H groups in total. The molecule has 0 saturated carbocycles. The van der Waals surface area contributed by atoms with Gasteiger partial charge >= 0.3 is 0 Å². The first-order valence-electron chi connectivity index (χ1n) is 11.3. The van der Waals surface area contributed by atoms with Gasteiger partial charge in [0.15, 0.2) is 6.29 Å². The predicted molar refractivity (Wildman–Crippen MR) is 128 cm³/mol. The number of phenols is 1. The Hall–Kier alpha value is -3.08. The molecule has 0 aliphatic heterocycles. The third-order valence-corrected chi connectivity index (χ3v) is 5.66. The van der Waals surface area contributed by atoms with E-state index in [9.17, 15) is 5.11 Å². The minimum Gasteiger partial charge on any atom is -0.508 e. The van der Waals surface area contributed by atoms with Crippen LogP contribution < -0.4 is 4.74 Å². The Morgan fingerprint density at radius 2 is 1.53 bits per heavy atom. The number of ether oxygens (including phenoxy) is 3. The first-order chi connectivity index (χ1) is 15.7. The van der Waals surface area contributed by atoms with Gasteiger partial charge in [-0.15, -0.1) is 0 Å². The van der Waals surface area contributed by atoms with Gasteiger partial charge in [0.2, 0.25) is 0 Å². The quantitative estimate of drug-likeness (QED) is 0.418. The number of hydrogen-bond donors (Lipinski definition) is 1. The molecular formula is C28H30O4. The highest BCUT2D eigenvalue weighted by atomic mass is 16.7. The van der Waals surface area contributed by atoms with Crippen LogP contribution in [0.2, 0.25) is 0 Å². The Kier molecular flexibility index (Phi) is 7.25. The molecule has 0 unspecified atom stereocenters. The summed E-state index contributed by atoms with van der Waals surface area (Å²) >= 11 is 0. The molecule has 0 aromatic heterocycles. The zero-order chi connectivity index (χ0) is 22.3. The minimum absolute atomic E-state index is 0.313. The molecule has 0 fully saturated rings. The van der Waals surface area contributed by atoms with Crippen molar-refractivity contribution < 1.29 is 19.3 Å². The largest absolute Gasteiger partial charge is 0.508 e. The number of hydrogen-bond acceptors (Lipinski definition) is 4. The van der Waals surface area contributed by atoms with Crippen molar-refractivity contribution >= 4 is 11.1 Å². The van der Waals surface area contributed by atoms with Crippen molar-refractivity contribution in [3.05, 3.63) is 95.1 Å². The van der Waals surface area contributed by atoms with Gasteiger partial charge < -0.3 is 19.3 Å². The van der Waals surface area contributed by atoms with Gasteiger partial charge in [0.25, 0.3) is 0 Å². The lowest BCUT2D eigenvalue weighted by Gasteiger charge is -2.25. The molecule has 0 radical (unpaired) electrons. The average molecular weight is 431 g/mol. The number of aryl methyl sites for hydroxylation is 1. The topological polar surface area (TPSA) is 47.9 Å². The fraction of sp³-hybridized carbons (Fsp3) is 0.286. The predicted octanol–water partition coefficient (Wildman–Crippen LogP) is 6.08. The monoisotopic (exact) mass is 430 g/mol. The van der Waals surface area contributed by atoms with E-state index in [1.54, 1.807) is 6.07 Å². The highest BCUT2D eigenvalue weighted by Crippen LogP contribution is 2.41. The van der Waals surface area contributed by atoms with Crippen molar-refractivity contribution in [1.29, 1.82) is 0 Å². The second-order valence-electron chi connectivity index (χ2n) is 7.74. The van der Waals surface area contributed by atoms with Gasteiger partial charge in [0, 0.05) is 13.2 Å². The van der Waals surface area contributed by atoms with E-state index in [-0.39, 0.29) is 6.29 Å². The summed E-state index contributed by atoms with van der Waals surface area (Å²) in [5, 5.41) is 9.99. The number of benzene rings is 3. The van der Waals surface area contributed by atoms with Crippen LogP contribution in [0, 0.1) is 0 Å². The van der Waals surface area contributed by atoms with Crippen molar-refractivity contribution in [2.45, 2.75) is 33.0 Å². The first-order valence-corrected chi connectivity index (χ1v) is 11.3. The lowest BCUT2D eigenvalue weighted by Crippen LogP contribution is -2.25. The molecule has 4 nitrogen and oxygen atoms in total. The number of rotatable bonds is 9. The lowest BCUT2D eigenvalue weighted by molar-refractivity contribution is -0.152. The average Bonchev–Trinajstić information content (AvgIpc) is 2.83. The van der Waals surface area contributed by atoms with E-state index in [1.807, 2.05) is 44.2 Å². The summed E-state index contributed by atoms with van der Waals surface area (Å²) in [7, 11) is 0. The molecule has 0 atom stereocenters. The van der Waals surface area contributed by atoms with Crippen molar-refractivity contribution in [1.82, 2.24) is 0 Å². The molecular weight excluding hydrogens is 400 g/mol. The zero-order valence-corrected chi connectivity index (χ0v) is 18.7. The Morgan fingerprint density at radius 1 is 0.812 bits per heavy atom. The Bertz CT molecular complexity index is 1050. The van der Waals surface area contributed by atoms with Crippen LogP contribution in [-0.4, -0.2) is 31.2 Å². The van der Waals surface area contributed by atoms with Crippen molar-refractivity contribution in [2.75, 3.05) is 19.8 Å². The fourth-order valence-corrected chi connectivity index (χ4v) is 4.23. The van der Waals surface area contributed by atoms with Crippen molar-refractivity contribution in [3.63, 3.8) is 0 Å². The van der Waals surface area contributed by atoms with Gasteiger partial charge in [-0.3, -0.25) is 0 Å². The van der Waals surface area contributed by atoms with Crippen LogP contribution in [0.25, 0.3) is 11.1 Å². The van der Waals surface area contributed by atoms with E-state index in [0.29, 0.717) is 25.6 Å². The molecule has 4 rings (SSSR count). The van der Waals surface area contributed by atoms with Gasteiger partial charge in [-0.05, 0) is 84.4 Å². The SMILES string of the molecule is CCOC(COc1ccc(C2=C(c3ccccc3)CCc3cc(O)ccc32)cc1)OCC. The third kappa shape index (κ3) is 5.04. The van der Waals surface area contributed by atoms with Crippen LogP contribution in [0.15, 0.2) is 72.8 Å². The smallest absolute Gasteiger partial charge is 0.191 e. The summed E-state index contributed by atoms with van der Waals surface area (Å²) in [6.45, 7) is 5.40. The van der Waals surface area contributed by atoms with Crippen LogP contribution in [0.1, 0.15) is 42.5 Å². The summed E-state index contributed by atoms with van der Waals surface area (Å²) in [5.41, 5.74) is 7.26. The van der Waals surface area contributed by atoms with E-state index in [0.717, 1.165) is 24.2 Å². The normalized spacial score (nSPS) is 13.3. The summed E-state index contributed by atoms with van der Waals surface area (Å²) in [6.07, 6.45) is 1.47. The molecule has 0 spiro atoms. The summed E-state index contributed by atoms with van der Waals surface area (Å²) < 4.78 is 17.0. The molecule has 0 saturated heterocycles. The number of aromatic hydroxyl groups is 1. The summed E-state index contributed by atoms with van der Waals surface area (Å²) in [5.74, 6) is 1.09. The number of phenolic OH excluding ortho intramolecular Hbond substituents is 1. The third-order valence-electron chi connectivity index (χ3n) is 5.66. The van der Waals surface area contributed by atoms with Crippen LogP contribution in [0.3, 0.4) is 0 Å². The minimum atomic E-state index is -0.366. The van der Waals surface area contributed by atoms with Gasteiger partial charge in [0.1, 0.15) is 18.1 Å². The standard InChI is InChI=1S/C28H30O4/c1-3-30-27(31-4-2)19-32-24-14-10-21(11-15-24)28-25(20-8-6-5-7-9-20)16-12-22-18-23(29)13-17-26(22)28/h5-11,13-15,17-18,27,29H,3-4,12,16,19H2,1-2H3. The first kappa shape index (κ1) is 22.1. The van der Waals surface area contributed by atoms with Crippen LogP contribution >= 0.6 is 0 Å². The molecule has 1 aliphatic rings. The summed E-state index contributed by atoms with van der Waals surface area (Å²) in [6, 6.07) is 24.4. The molecule has 3 aromatic rings. The molecule has 0 bridgehead atoms. The molecule has 4 heteroatoms. The molecule has 0 heterocycles. The van der Waals surface area contributed by atoms with E-state index in [4.69, 9.17) is 14.2 Å². The Balaban J connectivity index is 1.65. The highest BCUT2D eigenvalue weighted by Gasteiger charge is 2.22. The maximum absolute atomic E-state index is 9.99. The zero-order valence-electron chi connectivity index (χ0n) is 18.7. The second kappa shape index (κ2) is 10.5. The van der Waals surface area contributed by atoms with Gasteiger partial charge in [-0.2, -0.15) is 0 Å². The van der Waals surface area contributed by atoms with Crippen LogP contribution in [-0.2, 0) is 15.9 Å². The van der Waals surface area contributed by atoms with Crippen molar-refractivity contribution in [3.8, 4) is 11.5 Å². The Morgan fingerprint density at radius 3 is 2.22 bits per heavy atom. The maximum atomic E-state index is 9.99. The van der Waals surface area contributed by atoms with Gasteiger partial charge in [0.05, 0.1) is 0 Å². The molecule has 166 valence electrons. The van der Waals surface area contributed by atoms with Gasteiger partial charge in [-0.1, -0.05) is 48.5 Å². The second-order valence-corrected chi connectivity index (χ2v) is 7.74. The van der Waals surface area contributed by atoms with E-state index in [2.05, 4.69) is 36.4 Å². The van der Waals surface area contributed by atoms with Crippen molar-refractivity contribution in [2.24, 2.45) is 0 Å². The Labute approximate surface area is 190 Å². The number of fused-ring (bicyclic) bond motifs is 1. The molecule has 1 aliphatic carbocycles. The molecule has 3 aromatic carbocycles. The summed E-state index contributed by atoms with van der Waals surface area (Å²) in [4.78, 5) is 0. The highest BCUT2D eigenvalue weighted by molar-refractivity contribution is 6.00.